The van der Waals surface area contributed by atoms with Crippen molar-refractivity contribution in [1.29, 1.82) is 0 Å². The van der Waals surface area contributed by atoms with Gasteiger partial charge in [0.15, 0.2) is 0 Å². The van der Waals surface area contributed by atoms with Crippen LogP contribution >= 0.6 is 0 Å². The van der Waals surface area contributed by atoms with Gasteiger partial charge in [0.2, 0.25) is 0 Å². The van der Waals surface area contributed by atoms with Crippen molar-refractivity contribution < 1.29 is 14.6 Å². The highest BCUT2D eigenvalue weighted by Gasteiger charge is 2.62. The van der Waals surface area contributed by atoms with Gasteiger partial charge in [-0.2, -0.15) is 5.01 Å². The zero-order valence-corrected chi connectivity index (χ0v) is 17.2. The molecule has 0 bridgehead atoms. The third kappa shape index (κ3) is 3.20. The number of carbonyl (C=O) groups excluding carboxylic acids is 1. The molecule has 3 fully saturated rings. The molecule has 9 heteroatoms. The van der Waals surface area contributed by atoms with Crippen LogP contribution in [0.4, 0.5) is 5.82 Å². The minimum absolute atomic E-state index is 0.0574. The number of benzene rings is 1. The number of hydrazine groups is 1. The van der Waals surface area contributed by atoms with Gasteiger partial charge in [-0.1, -0.05) is 24.3 Å². The van der Waals surface area contributed by atoms with E-state index in [0.717, 1.165) is 25.9 Å². The van der Waals surface area contributed by atoms with Crippen LogP contribution in [0.5, 0.6) is 0 Å². The number of aliphatic hydroxyl groups excluding tert-OH is 1. The first-order valence-corrected chi connectivity index (χ1v) is 10.9. The molecular weight excluding hydrogens is 396 g/mol. The number of rotatable bonds is 5. The van der Waals surface area contributed by atoms with E-state index in [2.05, 4.69) is 49.2 Å². The summed E-state index contributed by atoms with van der Waals surface area (Å²) in [5.41, 5.74) is 8.38. The Morgan fingerprint density at radius 2 is 2.00 bits per heavy atom. The highest BCUT2D eigenvalue weighted by atomic mass is 16.6. The van der Waals surface area contributed by atoms with E-state index in [0.29, 0.717) is 24.9 Å². The lowest BCUT2D eigenvalue weighted by Crippen LogP contribution is -2.44. The van der Waals surface area contributed by atoms with Crippen LogP contribution in [0.15, 0.2) is 36.7 Å². The van der Waals surface area contributed by atoms with Crippen molar-refractivity contribution in [2.45, 2.75) is 56.3 Å². The third-order valence-electron chi connectivity index (χ3n) is 7.11. The Hall–Kier alpha value is -2.59. The fourth-order valence-electron chi connectivity index (χ4n) is 5.41. The van der Waals surface area contributed by atoms with E-state index >= 15 is 0 Å². The predicted octanol–water partition coefficient (Wildman–Crippen LogP) is 0.288. The Kier molecular flexibility index (Phi) is 4.46. The van der Waals surface area contributed by atoms with Crippen LogP contribution < -0.4 is 10.7 Å². The first-order chi connectivity index (χ1) is 15.1. The number of hydrogen-bond donors (Lipinski definition) is 2. The van der Waals surface area contributed by atoms with Crippen molar-refractivity contribution in [3.63, 3.8) is 0 Å². The monoisotopic (exact) mass is 422 g/mol. The van der Waals surface area contributed by atoms with Crippen molar-refractivity contribution in [3.05, 3.63) is 53.5 Å². The van der Waals surface area contributed by atoms with Crippen LogP contribution in [-0.4, -0.2) is 74.5 Å². The summed E-state index contributed by atoms with van der Waals surface area (Å²) in [7, 11) is 0. The number of nitrogens with two attached hydrogens (primary N) is 1. The lowest BCUT2D eigenvalue weighted by atomic mass is 9.98. The Morgan fingerprint density at radius 1 is 1.19 bits per heavy atom. The minimum Gasteiger partial charge on any atom is -0.391 e. The number of aromatic nitrogens is 2. The standard InChI is InChI=1S/C22H26N6O3/c23-21(30)16-9-20(25-12-24-16)27(28-18-11-31-22(18)28)15-7-17(19(29)8-15)26-6-5-13-3-1-2-4-14(13)10-26/h1-4,9,12,15,17-19,22,29H,5-8,10-11H2,(H2,23,30). The molecule has 3 aliphatic heterocycles. The van der Waals surface area contributed by atoms with Crippen LogP contribution in [0, 0.1) is 0 Å². The molecule has 2 aromatic rings. The van der Waals surface area contributed by atoms with Crippen molar-refractivity contribution in [2.75, 3.05) is 18.2 Å². The number of anilines is 1. The third-order valence-corrected chi connectivity index (χ3v) is 7.11. The minimum atomic E-state index is -0.579. The van der Waals surface area contributed by atoms with Crippen molar-refractivity contribution in [1.82, 2.24) is 19.9 Å². The molecule has 1 aliphatic carbocycles. The first-order valence-electron chi connectivity index (χ1n) is 10.9. The number of ether oxygens (including phenoxy) is 1. The second-order valence-corrected chi connectivity index (χ2v) is 8.89. The molecule has 2 saturated heterocycles. The van der Waals surface area contributed by atoms with Crippen molar-refractivity contribution >= 4 is 11.7 Å². The molecule has 31 heavy (non-hydrogen) atoms. The van der Waals surface area contributed by atoms with Gasteiger partial charge >= 0.3 is 0 Å². The molecule has 1 saturated carbocycles. The summed E-state index contributed by atoms with van der Waals surface area (Å²) in [4.78, 5) is 22.5. The summed E-state index contributed by atoms with van der Waals surface area (Å²) in [5, 5.41) is 15.3. The number of aliphatic hydroxyl groups is 1. The molecule has 3 N–H and O–H groups in total. The Labute approximate surface area is 180 Å². The van der Waals surface area contributed by atoms with Crippen LogP contribution in [0.25, 0.3) is 0 Å². The van der Waals surface area contributed by atoms with E-state index in [4.69, 9.17) is 10.5 Å². The Morgan fingerprint density at radius 3 is 2.74 bits per heavy atom. The van der Waals surface area contributed by atoms with E-state index in [9.17, 15) is 9.90 Å². The Bertz CT molecular complexity index is 1010. The molecule has 1 aromatic heterocycles. The molecule has 0 radical (unpaired) electrons. The van der Waals surface area contributed by atoms with E-state index in [1.165, 1.54) is 17.5 Å². The van der Waals surface area contributed by atoms with Crippen molar-refractivity contribution in [2.24, 2.45) is 5.73 Å². The molecule has 9 nitrogen and oxygen atoms in total. The van der Waals surface area contributed by atoms with Gasteiger partial charge in [-0.25, -0.2) is 9.97 Å². The highest BCUT2D eigenvalue weighted by Crippen LogP contribution is 2.45. The second kappa shape index (κ2) is 7.23. The van der Waals surface area contributed by atoms with Crippen molar-refractivity contribution in [3.8, 4) is 0 Å². The van der Waals surface area contributed by atoms with E-state index in [1.807, 2.05) is 0 Å². The van der Waals surface area contributed by atoms with Crippen LogP contribution in [-0.2, 0) is 17.7 Å². The smallest absolute Gasteiger partial charge is 0.267 e. The predicted molar refractivity (Wildman–Crippen MR) is 112 cm³/mol. The van der Waals surface area contributed by atoms with E-state index in [1.54, 1.807) is 6.07 Å². The first kappa shape index (κ1) is 19.1. The lowest BCUT2D eigenvalue weighted by Gasteiger charge is -2.36. The van der Waals surface area contributed by atoms with Gasteiger partial charge in [-0.05, 0) is 30.4 Å². The van der Waals surface area contributed by atoms with Crippen LogP contribution in [0.1, 0.15) is 34.5 Å². The number of fused-ring (bicyclic) bond motifs is 2. The molecule has 6 atom stereocenters. The molecule has 162 valence electrons. The van der Waals surface area contributed by atoms with Crippen LogP contribution in [0.2, 0.25) is 0 Å². The maximum Gasteiger partial charge on any atom is 0.267 e. The summed E-state index contributed by atoms with van der Waals surface area (Å²) in [6.07, 6.45) is 3.47. The Balaban J connectivity index is 1.25. The summed E-state index contributed by atoms with van der Waals surface area (Å²) in [5.74, 6) is 0.0496. The molecule has 6 rings (SSSR count). The largest absolute Gasteiger partial charge is 0.391 e. The molecule has 1 amide bonds. The van der Waals surface area contributed by atoms with Gasteiger partial charge in [0, 0.05) is 25.2 Å². The van der Waals surface area contributed by atoms with E-state index in [-0.39, 0.29) is 24.0 Å². The SMILES string of the molecule is NC(=O)c1cc(N(C2CC(O)C(N3CCc4ccccc4C3)C2)N2C3COC32)ncn1. The second-order valence-electron chi connectivity index (χ2n) is 8.89. The normalized spacial score (nSPS) is 33.8. The quantitative estimate of drug-likeness (QED) is 0.662. The van der Waals surface area contributed by atoms with Gasteiger partial charge in [0.25, 0.3) is 5.91 Å². The van der Waals surface area contributed by atoms with Crippen LogP contribution in [0.3, 0.4) is 0 Å². The maximum absolute atomic E-state index is 11.7. The fourth-order valence-corrected chi connectivity index (χ4v) is 5.41. The van der Waals surface area contributed by atoms with Gasteiger partial charge in [0.1, 0.15) is 24.1 Å². The maximum atomic E-state index is 11.7. The molecular formula is C22H26N6O3. The van der Waals surface area contributed by atoms with Gasteiger partial charge in [0.05, 0.1) is 24.8 Å². The lowest BCUT2D eigenvalue weighted by molar-refractivity contribution is 0.0400. The van der Waals surface area contributed by atoms with Gasteiger partial charge in [-0.3, -0.25) is 14.7 Å². The number of primary amides is 1. The molecule has 6 unspecified atom stereocenters. The zero-order chi connectivity index (χ0) is 21.1. The number of amides is 1. The fraction of sp³-hybridized carbons (Fsp3) is 0.500. The topological polar surface area (TPSA) is 108 Å². The number of nitrogens with zero attached hydrogens (tertiary/aromatic N) is 5. The average Bonchev–Trinajstić information content (AvgIpc) is 3.08. The number of carbonyl (C=O) groups is 1. The molecule has 4 aliphatic rings. The summed E-state index contributed by atoms with van der Waals surface area (Å²) < 4.78 is 5.64. The number of hydrogen-bond acceptors (Lipinski definition) is 8. The van der Waals surface area contributed by atoms with E-state index < -0.39 is 12.0 Å². The molecule has 0 spiro atoms. The van der Waals surface area contributed by atoms with Gasteiger partial charge in [-0.15, -0.1) is 0 Å². The molecule has 1 aromatic carbocycles. The zero-order valence-electron chi connectivity index (χ0n) is 17.2. The highest BCUT2D eigenvalue weighted by molar-refractivity contribution is 5.91. The summed E-state index contributed by atoms with van der Waals surface area (Å²) >= 11 is 0. The summed E-state index contributed by atoms with van der Waals surface area (Å²) in [6.45, 7) is 2.50. The average molecular weight is 422 g/mol. The van der Waals surface area contributed by atoms with Gasteiger partial charge < -0.3 is 15.6 Å². The molecule has 4 heterocycles. The summed E-state index contributed by atoms with van der Waals surface area (Å²) in [6, 6.07) is 10.7.